The number of nitro benzene ring substituents is 1. The van der Waals surface area contributed by atoms with Crippen molar-refractivity contribution in [2.75, 3.05) is 19.5 Å². The first-order valence-corrected chi connectivity index (χ1v) is 7.15. The molecule has 2 N–H and O–H groups in total. The van der Waals surface area contributed by atoms with Gasteiger partial charge >= 0.3 is 5.97 Å². The fraction of sp³-hybridized carbons (Fsp3) is 0.467. The molecule has 1 amide bonds. The van der Waals surface area contributed by atoms with Crippen LogP contribution in [0.2, 0.25) is 0 Å². The number of hydrogen-bond donors (Lipinski definition) is 2. The molecular weight excluding hydrogens is 302 g/mol. The van der Waals surface area contributed by atoms with E-state index < -0.39 is 22.8 Å². The van der Waals surface area contributed by atoms with E-state index in [-0.39, 0.29) is 17.2 Å². The van der Waals surface area contributed by atoms with Crippen LogP contribution in [-0.4, -0.2) is 37.0 Å². The first-order chi connectivity index (χ1) is 10.8. The number of nitrogens with zero attached hydrogens (tertiary/aromatic N) is 1. The number of amides is 1. The van der Waals surface area contributed by atoms with Crippen LogP contribution in [0.15, 0.2) is 18.2 Å². The molecule has 126 valence electrons. The van der Waals surface area contributed by atoms with Crippen LogP contribution in [0.25, 0.3) is 0 Å². The van der Waals surface area contributed by atoms with Gasteiger partial charge in [-0.15, -0.1) is 0 Å². The molecular formula is C15H21N3O5. The molecule has 8 nitrogen and oxygen atoms in total. The second-order valence-electron chi connectivity index (χ2n) is 5.42. The Kier molecular flexibility index (Phi) is 6.49. The number of ether oxygens (including phenoxy) is 1. The van der Waals surface area contributed by atoms with Gasteiger partial charge in [0, 0.05) is 18.7 Å². The van der Waals surface area contributed by atoms with E-state index in [2.05, 4.69) is 15.4 Å². The molecule has 0 saturated carbocycles. The summed E-state index contributed by atoms with van der Waals surface area (Å²) in [7, 11) is 2.80. The summed E-state index contributed by atoms with van der Waals surface area (Å²) in [5, 5.41) is 16.3. The molecule has 1 unspecified atom stereocenters. The minimum atomic E-state index is -0.796. The lowest BCUT2D eigenvalue weighted by atomic mass is 10.0. The molecule has 0 aromatic heterocycles. The highest BCUT2D eigenvalue weighted by atomic mass is 16.6. The number of hydrogen-bond acceptors (Lipinski definition) is 6. The average molecular weight is 323 g/mol. The average Bonchev–Trinajstić information content (AvgIpc) is 2.52. The Morgan fingerprint density at radius 2 is 2.00 bits per heavy atom. The van der Waals surface area contributed by atoms with E-state index in [1.165, 1.54) is 25.3 Å². The van der Waals surface area contributed by atoms with E-state index in [0.29, 0.717) is 12.1 Å². The van der Waals surface area contributed by atoms with Gasteiger partial charge in [0.25, 0.3) is 11.6 Å². The predicted molar refractivity (Wildman–Crippen MR) is 85.4 cm³/mol. The summed E-state index contributed by atoms with van der Waals surface area (Å²) in [5.41, 5.74) is 0.199. The van der Waals surface area contributed by atoms with Crippen molar-refractivity contribution in [3.05, 3.63) is 33.9 Å². The summed E-state index contributed by atoms with van der Waals surface area (Å²) in [5.74, 6) is -0.944. The first-order valence-electron chi connectivity index (χ1n) is 7.15. The van der Waals surface area contributed by atoms with E-state index in [0.717, 1.165) is 0 Å². The third kappa shape index (κ3) is 4.94. The lowest BCUT2D eigenvalue weighted by Crippen LogP contribution is -2.42. The van der Waals surface area contributed by atoms with Gasteiger partial charge in [-0.1, -0.05) is 13.8 Å². The van der Waals surface area contributed by atoms with Crippen LogP contribution in [0.5, 0.6) is 0 Å². The molecule has 0 aliphatic carbocycles. The number of nitro groups is 1. The smallest absolute Gasteiger partial charge is 0.328 e. The Morgan fingerprint density at radius 3 is 2.48 bits per heavy atom. The Morgan fingerprint density at radius 1 is 1.35 bits per heavy atom. The van der Waals surface area contributed by atoms with Gasteiger partial charge in [-0.05, 0) is 24.5 Å². The Bertz CT molecular complexity index is 601. The van der Waals surface area contributed by atoms with Crippen molar-refractivity contribution in [2.45, 2.75) is 26.3 Å². The molecule has 0 saturated heterocycles. The molecule has 1 aromatic carbocycles. The number of benzene rings is 1. The van der Waals surface area contributed by atoms with Gasteiger partial charge in [0.05, 0.1) is 12.0 Å². The van der Waals surface area contributed by atoms with Crippen molar-refractivity contribution < 1.29 is 19.2 Å². The van der Waals surface area contributed by atoms with E-state index >= 15 is 0 Å². The number of methoxy groups -OCH3 is 1. The van der Waals surface area contributed by atoms with Gasteiger partial charge in [-0.25, -0.2) is 4.79 Å². The molecule has 1 aromatic rings. The van der Waals surface area contributed by atoms with Gasteiger partial charge in [-0.2, -0.15) is 0 Å². The summed E-state index contributed by atoms with van der Waals surface area (Å²) in [4.78, 5) is 34.5. The number of rotatable bonds is 7. The maximum Gasteiger partial charge on any atom is 0.328 e. The topological polar surface area (TPSA) is 111 Å². The van der Waals surface area contributed by atoms with Crippen molar-refractivity contribution in [1.29, 1.82) is 0 Å². The SMILES string of the molecule is CNc1ccc(C(=O)NC(CC(C)C)C(=O)OC)cc1[N+](=O)[O-]. The van der Waals surface area contributed by atoms with Crippen molar-refractivity contribution in [1.82, 2.24) is 5.32 Å². The summed E-state index contributed by atoms with van der Waals surface area (Å²) < 4.78 is 4.68. The molecule has 0 aliphatic heterocycles. The fourth-order valence-corrected chi connectivity index (χ4v) is 2.10. The lowest BCUT2D eigenvalue weighted by molar-refractivity contribution is -0.384. The number of nitrogens with one attached hydrogen (secondary N) is 2. The molecule has 0 bridgehead atoms. The third-order valence-corrected chi connectivity index (χ3v) is 3.22. The van der Waals surface area contributed by atoms with Crippen LogP contribution in [0.1, 0.15) is 30.6 Å². The number of carbonyl (C=O) groups excluding carboxylic acids is 2. The molecule has 23 heavy (non-hydrogen) atoms. The maximum absolute atomic E-state index is 12.3. The maximum atomic E-state index is 12.3. The van der Waals surface area contributed by atoms with E-state index in [1.54, 1.807) is 7.05 Å². The van der Waals surface area contributed by atoms with Gasteiger partial charge in [0.15, 0.2) is 0 Å². The zero-order valence-corrected chi connectivity index (χ0v) is 13.6. The number of carbonyl (C=O) groups is 2. The van der Waals surface area contributed by atoms with Crippen LogP contribution in [0.4, 0.5) is 11.4 Å². The molecule has 0 spiro atoms. The zero-order valence-electron chi connectivity index (χ0n) is 13.6. The summed E-state index contributed by atoms with van der Waals surface area (Å²) in [6.07, 6.45) is 0.412. The standard InChI is InChI=1S/C15H21N3O5/c1-9(2)7-12(15(20)23-4)17-14(19)10-5-6-11(16-3)13(8-10)18(21)22/h5-6,8-9,12,16H,7H2,1-4H3,(H,17,19). The van der Waals surface area contributed by atoms with Crippen molar-refractivity contribution in [2.24, 2.45) is 5.92 Å². The number of anilines is 1. The second-order valence-corrected chi connectivity index (χ2v) is 5.42. The zero-order chi connectivity index (χ0) is 17.6. The first kappa shape index (κ1) is 18.4. The van der Waals surface area contributed by atoms with Gasteiger partial charge in [0.2, 0.25) is 0 Å². The highest BCUT2D eigenvalue weighted by Crippen LogP contribution is 2.25. The van der Waals surface area contributed by atoms with Crippen molar-refractivity contribution in [3.63, 3.8) is 0 Å². The quantitative estimate of drug-likeness (QED) is 0.451. The van der Waals surface area contributed by atoms with Gasteiger partial charge in [0.1, 0.15) is 11.7 Å². The van der Waals surface area contributed by atoms with E-state index in [4.69, 9.17) is 0 Å². The predicted octanol–water partition coefficient (Wildman–Crippen LogP) is 1.95. The normalized spacial score (nSPS) is 11.7. The Balaban J connectivity index is 3.01. The minimum absolute atomic E-state index is 0.105. The van der Waals surface area contributed by atoms with Crippen molar-refractivity contribution in [3.8, 4) is 0 Å². The molecule has 0 aliphatic rings. The largest absolute Gasteiger partial charge is 0.467 e. The number of esters is 1. The lowest BCUT2D eigenvalue weighted by Gasteiger charge is -2.18. The van der Waals surface area contributed by atoms with Crippen LogP contribution in [0, 0.1) is 16.0 Å². The van der Waals surface area contributed by atoms with Crippen LogP contribution in [0.3, 0.4) is 0 Å². The minimum Gasteiger partial charge on any atom is -0.467 e. The van der Waals surface area contributed by atoms with Gasteiger partial charge in [-0.3, -0.25) is 14.9 Å². The summed E-state index contributed by atoms with van der Waals surface area (Å²) >= 11 is 0. The Labute approximate surface area is 134 Å². The van der Waals surface area contributed by atoms with Gasteiger partial charge < -0.3 is 15.4 Å². The fourth-order valence-electron chi connectivity index (χ4n) is 2.10. The molecule has 8 heteroatoms. The highest BCUT2D eigenvalue weighted by Gasteiger charge is 2.24. The second kappa shape index (κ2) is 8.11. The van der Waals surface area contributed by atoms with Crippen molar-refractivity contribution >= 4 is 23.3 Å². The molecule has 0 fully saturated rings. The van der Waals surface area contributed by atoms with Crippen LogP contribution >= 0.6 is 0 Å². The summed E-state index contributed by atoms with van der Waals surface area (Å²) in [6.45, 7) is 3.82. The van der Waals surface area contributed by atoms with Crippen LogP contribution in [-0.2, 0) is 9.53 Å². The molecule has 1 rings (SSSR count). The molecule has 0 heterocycles. The van der Waals surface area contributed by atoms with E-state index in [1.807, 2.05) is 13.8 Å². The Hall–Kier alpha value is -2.64. The molecule has 1 atom stereocenters. The molecule has 0 radical (unpaired) electrons. The van der Waals surface area contributed by atoms with E-state index in [9.17, 15) is 19.7 Å². The monoisotopic (exact) mass is 323 g/mol. The third-order valence-electron chi connectivity index (χ3n) is 3.22. The van der Waals surface area contributed by atoms with Crippen LogP contribution < -0.4 is 10.6 Å². The summed E-state index contributed by atoms with van der Waals surface area (Å²) in [6, 6.07) is 3.28. The highest BCUT2D eigenvalue weighted by molar-refractivity contribution is 5.98.